The number of β-amino-alcohol motifs (C(OH)–C–C–N with tert-alkyl or cyclic N) is 1. The highest BCUT2D eigenvalue weighted by Crippen LogP contribution is 2.27. The van der Waals surface area contributed by atoms with Crippen molar-refractivity contribution in [1.82, 2.24) is 0 Å². The molecule has 0 bridgehead atoms. The SMILES string of the molecule is Cc1cccc(OCC(O)CN2CCc3ccccc32)c1C.Cl. The molecule has 3 rings (SSSR count). The van der Waals surface area contributed by atoms with Gasteiger partial charge in [0.05, 0.1) is 0 Å². The lowest BCUT2D eigenvalue weighted by Crippen LogP contribution is -2.34. The van der Waals surface area contributed by atoms with Gasteiger partial charge in [0.15, 0.2) is 0 Å². The zero-order chi connectivity index (χ0) is 15.5. The monoisotopic (exact) mass is 333 g/mol. The van der Waals surface area contributed by atoms with Crippen LogP contribution in [0.5, 0.6) is 5.75 Å². The van der Waals surface area contributed by atoms with E-state index in [1.807, 2.05) is 19.1 Å². The molecule has 0 saturated carbocycles. The van der Waals surface area contributed by atoms with E-state index in [1.54, 1.807) is 0 Å². The third-order valence-electron chi connectivity index (χ3n) is 4.40. The molecular weight excluding hydrogens is 310 g/mol. The number of fused-ring (bicyclic) bond motifs is 1. The summed E-state index contributed by atoms with van der Waals surface area (Å²) in [5.41, 5.74) is 4.96. The van der Waals surface area contributed by atoms with E-state index in [-0.39, 0.29) is 12.4 Å². The lowest BCUT2D eigenvalue weighted by Gasteiger charge is -2.23. The van der Waals surface area contributed by atoms with Crippen LogP contribution in [0.4, 0.5) is 5.69 Å². The molecule has 1 atom stereocenters. The third kappa shape index (κ3) is 3.98. The minimum absolute atomic E-state index is 0. The van der Waals surface area contributed by atoms with Gasteiger partial charge in [0, 0.05) is 18.8 Å². The van der Waals surface area contributed by atoms with Crippen molar-refractivity contribution in [3.05, 3.63) is 59.2 Å². The van der Waals surface area contributed by atoms with E-state index in [0.29, 0.717) is 13.2 Å². The fourth-order valence-electron chi connectivity index (χ4n) is 2.97. The molecule has 1 heterocycles. The van der Waals surface area contributed by atoms with Crippen molar-refractivity contribution in [3.8, 4) is 5.75 Å². The number of anilines is 1. The van der Waals surface area contributed by atoms with Crippen molar-refractivity contribution >= 4 is 18.1 Å². The number of nitrogens with zero attached hydrogens (tertiary/aromatic N) is 1. The molecule has 23 heavy (non-hydrogen) atoms. The largest absolute Gasteiger partial charge is 0.491 e. The summed E-state index contributed by atoms with van der Waals surface area (Å²) in [5, 5.41) is 10.3. The average Bonchev–Trinajstić information content (AvgIpc) is 2.92. The second kappa shape index (κ2) is 7.71. The maximum Gasteiger partial charge on any atom is 0.122 e. The van der Waals surface area contributed by atoms with Gasteiger partial charge < -0.3 is 14.7 Å². The smallest absolute Gasteiger partial charge is 0.122 e. The Bertz CT molecular complexity index is 660. The van der Waals surface area contributed by atoms with Gasteiger partial charge in [-0.25, -0.2) is 0 Å². The molecule has 1 aliphatic heterocycles. The van der Waals surface area contributed by atoms with E-state index in [1.165, 1.54) is 16.8 Å². The summed E-state index contributed by atoms with van der Waals surface area (Å²) in [6.07, 6.45) is 0.562. The number of ether oxygens (including phenoxy) is 1. The van der Waals surface area contributed by atoms with E-state index in [9.17, 15) is 5.11 Å². The zero-order valence-corrected chi connectivity index (χ0v) is 14.5. The number of aliphatic hydroxyl groups excluding tert-OH is 1. The van der Waals surface area contributed by atoms with Crippen molar-refractivity contribution in [2.24, 2.45) is 0 Å². The summed E-state index contributed by atoms with van der Waals surface area (Å²) in [5.74, 6) is 0.862. The van der Waals surface area contributed by atoms with Gasteiger partial charge in [0.1, 0.15) is 18.5 Å². The first-order valence-electron chi connectivity index (χ1n) is 7.85. The van der Waals surface area contributed by atoms with Crippen LogP contribution >= 0.6 is 12.4 Å². The number of rotatable bonds is 5. The molecule has 4 heteroatoms. The van der Waals surface area contributed by atoms with E-state index in [4.69, 9.17) is 4.74 Å². The Morgan fingerprint density at radius 1 is 1.13 bits per heavy atom. The van der Waals surface area contributed by atoms with Crippen LogP contribution in [0.2, 0.25) is 0 Å². The Morgan fingerprint density at radius 3 is 2.74 bits per heavy atom. The number of halogens is 1. The van der Waals surface area contributed by atoms with Crippen LogP contribution in [0.15, 0.2) is 42.5 Å². The molecular formula is C19H24ClNO2. The lowest BCUT2D eigenvalue weighted by molar-refractivity contribution is 0.112. The minimum Gasteiger partial charge on any atom is -0.491 e. The molecule has 2 aromatic carbocycles. The molecule has 0 amide bonds. The third-order valence-corrected chi connectivity index (χ3v) is 4.40. The van der Waals surface area contributed by atoms with Crippen LogP contribution in [0.1, 0.15) is 16.7 Å². The van der Waals surface area contributed by atoms with E-state index in [2.05, 4.69) is 42.2 Å². The molecule has 1 aliphatic rings. The molecule has 0 saturated heterocycles. The Labute approximate surface area is 144 Å². The summed E-state index contributed by atoms with van der Waals surface area (Å²) in [7, 11) is 0. The van der Waals surface area contributed by atoms with Gasteiger partial charge in [-0.2, -0.15) is 0 Å². The summed E-state index contributed by atoms with van der Waals surface area (Å²) in [6, 6.07) is 14.4. The number of benzene rings is 2. The number of hydrogen-bond donors (Lipinski definition) is 1. The molecule has 0 radical (unpaired) electrons. The molecule has 0 aromatic heterocycles. The summed E-state index contributed by atoms with van der Waals surface area (Å²) < 4.78 is 5.80. The highest BCUT2D eigenvalue weighted by atomic mass is 35.5. The van der Waals surface area contributed by atoms with E-state index >= 15 is 0 Å². The fourth-order valence-corrected chi connectivity index (χ4v) is 2.97. The first-order valence-corrected chi connectivity index (χ1v) is 7.85. The number of hydrogen-bond acceptors (Lipinski definition) is 3. The van der Waals surface area contributed by atoms with Crippen molar-refractivity contribution in [2.75, 3.05) is 24.6 Å². The zero-order valence-electron chi connectivity index (χ0n) is 13.7. The second-order valence-electron chi connectivity index (χ2n) is 5.99. The first kappa shape index (κ1) is 17.6. The van der Waals surface area contributed by atoms with Crippen LogP contribution in [-0.4, -0.2) is 30.9 Å². The van der Waals surface area contributed by atoms with Gasteiger partial charge >= 0.3 is 0 Å². The lowest BCUT2D eigenvalue weighted by atomic mass is 10.1. The Balaban J connectivity index is 0.00000192. The van der Waals surface area contributed by atoms with Gasteiger partial charge in [0.25, 0.3) is 0 Å². The average molecular weight is 334 g/mol. The normalized spacial score (nSPS) is 14.1. The van der Waals surface area contributed by atoms with Gasteiger partial charge in [-0.15, -0.1) is 12.4 Å². The predicted molar refractivity (Wildman–Crippen MR) is 97.0 cm³/mol. The fraction of sp³-hybridized carbons (Fsp3) is 0.368. The Kier molecular flexibility index (Phi) is 5.91. The van der Waals surface area contributed by atoms with E-state index < -0.39 is 6.10 Å². The van der Waals surface area contributed by atoms with Gasteiger partial charge in [-0.3, -0.25) is 0 Å². The standard InChI is InChI=1S/C19H23NO2.ClH/c1-14-6-5-9-19(15(14)2)22-13-17(21)12-20-11-10-16-7-3-4-8-18(16)20;/h3-9,17,21H,10-13H2,1-2H3;1H. The highest BCUT2D eigenvalue weighted by Gasteiger charge is 2.21. The molecule has 0 spiro atoms. The molecule has 0 aliphatic carbocycles. The highest BCUT2D eigenvalue weighted by molar-refractivity contribution is 5.85. The van der Waals surface area contributed by atoms with E-state index in [0.717, 1.165) is 24.3 Å². The van der Waals surface area contributed by atoms with Crippen LogP contribution in [0.25, 0.3) is 0 Å². The van der Waals surface area contributed by atoms with Crippen molar-refractivity contribution in [2.45, 2.75) is 26.4 Å². The maximum atomic E-state index is 10.3. The predicted octanol–water partition coefficient (Wildman–Crippen LogP) is 3.53. The van der Waals surface area contributed by atoms with Crippen LogP contribution in [0, 0.1) is 13.8 Å². The van der Waals surface area contributed by atoms with Crippen LogP contribution in [0.3, 0.4) is 0 Å². The Morgan fingerprint density at radius 2 is 1.91 bits per heavy atom. The molecule has 1 unspecified atom stereocenters. The maximum absolute atomic E-state index is 10.3. The van der Waals surface area contributed by atoms with Crippen molar-refractivity contribution in [1.29, 1.82) is 0 Å². The number of aliphatic hydroxyl groups is 1. The topological polar surface area (TPSA) is 32.7 Å². The van der Waals surface area contributed by atoms with Crippen molar-refractivity contribution in [3.63, 3.8) is 0 Å². The van der Waals surface area contributed by atoms with Gasteiger partial charge in [0.2, 0.25) is 0 Å². The number of aryl methyl sites for hydroxylation is 1. The number of para-hydroxylation sites is 1. The van der Waals surface area contributed by atoms with Crippen LogP contribution < -0.4 is 9.64 Å². The molecule has 3 nitrogen and oxygen atoms in total. The second-order valence-corrected chi connectivity index (χ2v) is 5.99. The molecule has 124 valence electrons. The van der Waals surface area contributed by atoms with Gasteiger partial charge in [-0.05, 0) is 49.1 Å². The minimum atomic E-state index is -0.494. The first-order chi connectivity index (χ1) is 10.6. The quantitative estimate of drug-likeness (QED) is 0.908. The van der Waals surface area contributed by atoms with Crippen molar-refractivity contribution < 1.29 is 9.84 Å². The summed E-state index contributed by atoms with van der Waals surface area (Å²) >= 11 is 0. The molecule has 2 aromatic rings. The summed E-state index contributed by atoms with van der Waals surface area (Å²) in [4.78, 5) is 2.24. The molecule has 1 N–H and O–H groups in total. The molecule has 0 fully saturated rings. The Hall–Kier alpha value is -1.71. The van der Waals surface area contributed by atoms with Gasteiger partial charge in [-0.1, -0.05) is 30.3 Å². The van der Waals surface area contributed by atoms with Crippen LogP contribution in [-0.2, 0) is 6.42 Å². The summed E-state index contributed by atoms with van der Waals surface area (Å²) in [6.45, 7) is 6.03.